The zero-order valence-electron chi connectivity index (χ0n) is 7.43. The second kappa shape index (κ2) is 4.65. The van der Waals surface area contributed by atoms with Gasteiger partial charge in [0.2, 0.25) is 0 Å². The van der Waals surface area contributed by atoms with Crippen LogP contribution in [0.25, 0.3) is 0 Å². The lowest BCUT2D eigenvalue weighted by Gasteiger charge is -2.23. The number of nitrogens with zero attached hydrogens (tertiary/aromatic N) is 1. The first-order valence-electron chi connectivity index (χ1n) is 3.69. The Kier molecular flexibility index (Phi) is 4.53. The molecule has 0 fully saturated rings. The van der Waals surface area contributed by atoms with Crippen LogP contribution >= 0.6 is 22.6 Å². The monoisotopic (exact) mass is 281 g/mol. The van der Waals surface area contributed by atoms with Crippen molar-refractivity contribution in [3.8, 4) is 6.07 Å². The first kappa shape index (κ1) is 11.7. The molecule has 0 saturated heterocycles. The van der Waals surface area contributed by atoms with Gasteiger partial charge in [0.15, 0.2) is 3.92 Å². The smallest absolute Gasteiger partial charge is 0.334 e. The molecular weight excluding hydrogens is 269 g/mol. The molecule has 68 valence electrons. The average Bonchev–Trinajstić information content (AvgIpc) is 2.02. The van der Waals surface area contributed by atoms with Crippen molar-refractivity contribution in [2.45, 2.75) is 36.7 Å². The van der Waals surface area contributed by atoms with Crippen LogP contribution < -0.4 is 0 Å². The summed E-state index contributed by atoms with van der Waals surface area (Å²) in [5, 5.41) is 8.42. The highest BCUT2D eigenvalue weighted by Crippen LogP contribution is 2.16. The lowest BCUT2D eigenvalue weighted by atomic mass is 10.1. The summed E-state index contributed by atoms with van der Waals surface area (Å²) >= 11 is 1.75. The molecular formula is C8H12INO2. The standard InChI is InChI=1S/C8H12INO2/c1-4-8(2,3)12-7(11)6(9)5-10/h6H,4H2,1-3H3/t6-/m0/s1. The molecule has 0 bridgehead atoms. The Morgan fingerprint density at radius 3 is 2.58 bits per heavy atom. The van der Waals surface area contributed by atoms with E-state index in [2.05, 4.69) is 0 Å². The van der Waals surface area contributed by atoms with Gasteiger partial charge in [-0.1, -0.05) is 29.5 Å². The third kappa shape index (κ3) is 3.90. The highest BCUT2D eigenvalue weighted by molar-refractivity contribution is 14.1. The van der Waals surface area contributed by atoms with Gasteiger partial charge in [-0.05, 0) is 20.3 Å². The van der Waals surface area contributed by atoms with E-state index in [1.54, 1.807) is 22.6 Å². The Labute approximate surface area is 86.2 Å². The van der Waals surface area contributed by atoms with Gasteiger partial charge in [-0.2, -0.15) is 5.26 Å². The molecule has 0 aromatic heterocycles. The number of alkyl halides is 1. The zero-order chi connectivity index (χ0) is 9.78. The maximum Gasteiger partial charge on any atom is 0.334 e. The van der Waals surface area contributed by atoms with Crippen molar-refractivity contribution in [1.29, 1.82) is 5.26 Å². The molecule has 4 heteroatoms. The van der Waals surface area contributed by atoms with E-state index in [-0.39, 0.29) is 0 Å². The highest BCUT2D eigenvalue weighted by atomic mass is 127. The molecule has 0 aromatic rings. The molecule has 0 aliphatic heterocycles. The van der Waals surface area contributed by atoms with E-state index in [1.807, 2.05) is 26.8 Å². The molecule has 0 N–H and O–H groups in total. The topological polar surface area (TPSA) is 50.1 Å². The van der Waals surface area contributed by atoms with Crippen LogP contribution in [-0.2, 0) is 9.53 Å². The SMILES string of the molecule is CCC(C)(C)OC(=O)[C@@H](I)C#N. The van der Waals surface area contributed by atoms with Gasteiger partial charge in [0, 0.05) is 0 Å². The molecule has 1 atom stereocenters. The second-order valence-corrected chi connectivity index (χ2v) is 4.27. The van der Waals surface area contributed by atoms with Gasteiger partial charge in [0.1, 0.15) is 5.60 Å². The summed E-state index contributed by atoms with van der Waals surface area (Å²) in [6.07, 6.45) is 0.744. The maximum atomic E-state index is 11.1. The third-order valence-corrected chi connectivity index (χ3v) is 2.34. The first-order chi connectivity index (χ1) is 5.43. The Morgan fingerprint density at radius 2 is 2.25 bits per heavy atom. The van der Waals surface area contributed by atoms with Crippen molar-refractivity contribution < 1.29 is 9.53 Å². The quantitative estimate of drug-likeness (QED) is 0.452. The summed E-state index contributed by atoms with van der Waals surface area (Å²) in [7, 11) is 0. The van der Waals surface area contributed by atoms with Crippen molar-refractivity contribution in [2.75, 3.05) is 0 Å². The van der Waals surface area contributed by atoms with Gasteiger partial charge in [0.05, 0.1) is 6.07 Å². The van der Waals surface area contributed by atoms with Crippen LogP contribution in [0.15, 0.2) is 0 Å². The van der Waals surface area contributed by atoms with Crippen molar-refractivity contribution in [3.05, 3.63) is 0 Å². The Balaban J connectivity index is 4.11. The van der Waals surface area contributed by atoms with Gasteiger partial charge in [-0.15, -0.1) is 0 Å². The number of ether oxygens (including phenoxy) is 1. The zero-order valence-corrected chi connectivity index (χ0v) is 9.58. The molecule has 0 radical (unpaired) electrons. The van der Waals surface area contributed by atoms with Gasteiger partial charge in [-0.3, -0.25) is 0 Å². The molecule has 0 aliphatic rings. The van der Waals surface area contributed by atoms with Gasteiger partial charge in [-0.25, -0.2) is 4.79 Å². The molecule has 0 amide bonds. The lowest BCUT2D eigenvalue weighted by molar-refractivity contribution is -0.154. The molecule has 0 aliphatic carbocycles. The van der Waals surface area contributed by atoms with Gasteiger partial charge in [0.25, 0.3) is 0 Å². The fourth-order valence-electron chi connectivity index (χ4n) is 0.449. The van der Waals surface area contributed by atoms with Gasteiger partial charge >= 0.3 is 5.97 Å². The predicted octanol–water partition coefficient (Wildman–Crippen LogP) is 2.05. The summed E-state index contributed by atoms with van der Waals surface area (Å²) in [4.78, 5) is 11.1. The van der Waals surface area contributed by atoms with Crippen molar-refractivity contribution in [2.24, 2.45) is 0 Å². The van der Waals surface area contributed by atoms with Crippen molar-refractivity contribution >= 4 is 28.6 Å². The Morgan fingerprint density at radius 1 is 1.75 bits per heavy atom. The molecule has 3 nitrogen and oxygen atoms in total. The second-order valence-electron chi connectivity index (χ2n) is 3.03. The first-order valence-corrected chi connectivity index (χ1v) is 4.94. The van der Waals surface area contributed by atoms with E-state index in [9.17, 15) is 4.79 Å². The van der Waals surface area contributed by atoms with E-state index in [0.717, 1.165) is 6.42 Å². The molecule has 0 aromatic carbocycles. The number of nitriles is 1. The lowest BCUT2D eigenvalue weighted by Crippen LogP contribution is -2.30. The number of esters is 1. The van der Waals surface area contributed by atoms with Crippen LogP contribution in [0.3, 0.4) is 0 Å². The summed E-state index contributed by atoms with van der Waals surface area (Å²) in [5.74, 6) is -0.454. The molecule has 0 spiro atoms. The van der Waals surface area contributed by atoms with Crippen LogP contribution in [0.4, 0.5) is 0 Å². The van der Waals surface area contributed by atoms with Crippen LogP contribution in [-0.4, -0.2) is 15.5 Å². The minimum atomic E-state index is -0.701. The maximum absolute atomic E-state index is 11.1. The summed E-state index contributed by atoms with van der Waals surface area (Å²) in [5.41, 5.74) is -0.461. The highest BCUT2D eigenvalue weighted by Gasteiger charge is 2.24. The molecule has 0 rings (SSSR count). The van der Waals surface area contributed by atoms with Crippen LogP contribution in [0.2, 0.25) is 0 Å². The van der Waals surface area contributed by atoms with Gasteiger partial charge < -0.3 is 4.74 Å². The molecule has 0 heterocycles. The number of hydrogen-bond donors (Lipinski definition) is 0. The number of rotatable bonds is 3. The fourth-order valence-corrected chi connectivity index (χ4v) is 0.576. The van der Waals surface area contributed by atoms with E-state index in [4.69, 9.17) is 10.00 Å². The molecule has 12 heavy (non-hydrogen) atoms. The molecule has 0 unspecified atom stereocenters. The normalized spacial score (nSPS) is 13.2. The van der Waals surface area contributed by atoms with Crippen LogP contribution in [0.1, 0.15) is 27.2 Å². The van der Waals surface area contributed by atoms with Crippen LogP contribution in [0, 0.1) is 11.3 Å². The van der Waals surface area contributed by atoms with E-state index in [0.29, 0.717) is 0 Å². The van der Waals surface area contributed by atoms with Crippen LogP contribution in [0.5, 0.6) is 0 Å². The third-order valence-electron chi connectivity index (χ3n) is 1.55. The summed E-state index contributed by atoms with van der Waals surface area (Å²) in [6.45, 7) is 5.58. The largest absolute Gasteiger partial charge is 0.458 e. The van der Waals surface area contributed by atoms with Crippen molar-refractivity contribution in [3.63, 3.8) is 0 Å². The van der Waals surface area contributed by atoms with E-state index >= 15 is 0 Å². The summed E-state index contributed by atoms with van der Waals surface area (Å²) < 4.78 is 4.37. The number of carbonyl (C=O) groups excluding carboxylic acids is 1. The number of halogens is 1. The Bertz CT molecular complexity index is 208. The van der Waals surface area contributed by atoms with E-state index < -0.39 is 15.5 Å². The summed E-state index contributed by atoms with van der Waals surface area (Å²) in [6, 6.07) is 1.82. The number of hydrogen-bond acceptors (Lipinski definition) is 3. The van der Waals surface area contributed by atoms with E-state index in [1.165, 1.54) is 0 Å². The van der Waals surface area contributed by atoms with Crippen molar-refractivity contribution in [1.82, 2.24) is 0 Å². The minimum absolute atomic E-state index is 0.454. The Hall–Kier alpha value is -0.310. The average molecular weight is 281 g/mol. The predicted molar refractivity (Wildman–Crippen MR) is 53.9 cm³/mol. The fraction of sp³-hybridized carbons (Fsp3) is 0.750. The number of carbonyl (C=O) groups is 1. The minimum Gasteiger partial charge on any atom is -0.458 e. The molecule has 0 saturated carbocycles.